The van der Waals surface area contributed by atoms with E-state index in [-0.39, 0.29) is 0 Å². The van der Waals surface area contributed by atoms with E-state index in [4.69, 9.17) is 16.3 Å². The van der Waals surface area contributed by atoms with Gasteiger partial charge in [-0.05, 0) is 24.1 Å². The SMILES string of the molecule is CCCC(COC)NCc1ccc(Cl)cc1. The molecule has 0 aliphatic heterocycles. The van der Waals surface area contributed by atoms with Crippen molar-refractivity contribution in [1.29, 1.82) is 0 Å². The first-order valence-electron chi connectivity index (χ1n) is 5.73. The van der Waals surface area contributed by atoms with Crippen LogP contribution in [-0.4, -0.2) is 19.8 Å². The van der Waals surface area contributed by atoms with Crippen LogP contribution in [0.15, 0.2) is 24.3 Å². The maximum atomic E-state index is 5.83. The molecule has 1 aromatic rings. The highest BCUT2D eigenvalue weighted by atomic mass is 35.5. The van der Waals surface area contributed by atoms with Crippen molar-refractivity contribution in [3.63, 3.8) is 0 Å². The van der Waals surface area contributed by atoms with Crippen molar-refractivity contribution in [1.82, 2.24) is 5.32 Å². The second kappa shape index (κ2) is 7.66. The summed E-state index contributed by atoms with van der Waals surface area (Å²) < 4.78 is 5.18. The van der Waals surface area contributed by atoms with Crippen molar-refractivity contribution in [3.05, 3.63) is 34.9 Å². The molecule has 1 atom stereocenters. The van der Waals surface area contributed by atoms with Crippen molar-refractivity contribution in [2.45, 2.75) is 32.4 Å². The maximum absolute atomic E-state index is 5.83. The summed E-state index contributed by atoms with van der Waals surface area (Å²) >= 11 is 5.83. The number of methoxy groups -OCH3 is 1. The molecule has 0 aliphatic rings. The Hall–Kier alpha value is -0.570. The van der Waals surface area contributed by atoms with Crippen LogP contribution >= 0.6 is 11.6 Å². The van der Waals surface area contributed by atoms with Gasteiger partial charge in [0.25, 0.3) is 0 Å². The molecule has 1 rings (SSSR count). The normalized spacial score (nSPS) is 12.7. The molecule has 0 spiro atoms. The van der Waals surface area contributed by atoms with Gasteiger partial charge in [0, 0.05) is 24.7 Å². The molecule has 0 saturated carbocycles. The molecular weight excluding hydrogens is 222 g/mol. The van der Waals surface area contributed by atoms with Gasteiger partial charge in [-0.25, -0.2) is 0 Å². The molecule has 3 heteroatoms. The van der Waals surface area contributed by atoms with E-state index in [2.05, 4.69) is 12.2 Å². The summed E-state index contributed by atoms with van der Waals surface area (Å²) in [5, 5.41) is 4.27. The van der Waals surface area contributed by atoms with E-state index in [1.165, 1.54) is 12.0 Å². The Bertz CT molecular complexity index is 280. The van der Waals surface area contributed by atoms with Gasteiger partial charge < -0.3 is 10.1 Å². The highest BCUT2D eigenvalue weighted by Crippen LogP contribution is 2.09. The minimum Gasteiger partial charge on any atom is -0.383 e. The third kappa shape index (κ3) is 4.97. The number of hydrogen-bond donors (Lipinski definition) is 1. The van der Waals surface area contributed by atoms with Gasteiger partial charge in [0.05, 0.1) is 6.61 Å². The maximum Gasteiger partial charge on any atom is 0.0615 e. The number of halogens is 1. The van der Waals surface area contributed by atoms with Crippen molar-refractivity contribution in [2.24, 2.45) is 0 Å². The number of hydrogen-bond acceptors (Lipinski definition) is 2. The van der Waals surface area contributed by atoms with Gasteiger partial charge in [0.2, 0.25) is 0 Å². The molecule has 0 heterocycles. The number of ether oxygens (including phenoxy) is 1. The molecule has 0 fully saturated rings. The zero-order chi connectivity index (χ0) is 11.8. The number of benzene rings is 1. The Morgan fingerprint density at radius 3 is 2.56 bits per heavy atom. The minimum absolute atomic E-state index is 0.436. The van der Waals surface area contributed by atoms with Gasteiger partial charge in [-0.2, -0.15) is 0 Å². The molecular formula is C13H20ClNO. The van der Waals surface area contributed by atoms with Gasteiger partial charge in [-0.3, -0.25) is 0 Å². The second-order valence-electron chi connectivity index (χ2n) is 3.95. The first-order chi connectivity index (χ1) is 7.76. The predicted molar refractivity (Wildman–Crippen MR) is 68.9 cm³/mol. The van der Waals surface area contributed by atoms with Crippen molar-refractivity contribution in [3.8, 4) is 0 Å². The Morgan fingerprint density at radius 2 is 2.00 bits per heavy atom. The Kier molecular flexibility index (Phi) is 6.46. The molecule has 90 valence electrons. The number of rotatable bonds is 7. The lowest BCUT2D eigenvalue weighted by Crippen LogP contribution is -2.32. The van der Waals surface area contributed by atoms with E-state index in [0.717, 1.165) is 24.6 Å². The fraction of sp³-hybridized carbons (Fsp3) is 0.538. The molecule has 0 radical (unpaired) electrons. The molecule has 0 saturated heterocycles. The molecule has 0 bridgehead atoms. The Balaban J connectivity index is 2.38. The smallest absolute Gasteiger partial charge is 0.0615 e. The largest absolute Gasteiger partial charge is 0.383 e. The summed E-state index contributed by atoms with van der Waals surface area (Å²) in [5.74, 6) is 0. The van der Waals surface area contributed by atoms with Crippen LogP contribution in [0.4, 0.5) is 0 Å². The zero-order valence-electron chi connectivity index (χ0n) is 10.0. The monoisotopic (exact) mass is 241 g/mol. The third-order valence-electron chi connectivity index (χ3n) is 2.51. The lowest BCUT2D eigenvalue weighted by Gasteiger charge is -2.17. The molecule has 1 unspecified atom stereocenters. The van der Waals surface area contributed by atoms with Crippen LogP contribution in [0, 0.1) is 0 Å². The van der Waals surface area contributed by atoms with Gasteiger partial charge in [0.1, 0.15) is 0 Å². The second-order valence-corrected chi connectivity index (χ2v) is 4.38. The molecule has 0 amide bonds. The van der Waals surface area contributed by atoms with Crippen LogP contribution in [0.1, 0.15) is 25.3 Å². The Labute approximate surface area is 103 Å². The van der Waals surface area contributed by atoms with Gasteiger partial charge >= 0.3 is 0 Å². The molecule has 16 heavy (non-hydrogen) atoms. The lowest BCUT2D eigenvalue weighted by molar-refractivity contribution is 0.161. The molecule has 0 aromatic heterocycles. The van der Waals surface area contributed by atoms with E-state index < -0.39 is 0 Å². The predicted octanol–water partition coefficient (Wildman–Crippen LogP) is 3.24. The van der Waals surface area contributed by atoms with Crippen molar-refractivity contribution >= 4 is 11.6 Å². The van der Waals surface area contributed by atoms with Crippen LogP contribution in [0.5, 0.6) is 0 Å². The van der Waals surface area contributed by atoms with Gasteiger partial charge in [-0.15, -0.1) is 0 Å². The highest BCUT2D eigenvalue weighted by Gasteiger charge is 2.06. The average Bonchev–Trinajstić information content (AvgIpc) is 2.29. The van der Waals surface area contributed by atoms with Crippen molar-refractivity contribution in [2.75, 3.05) is 13.7 Å². The van der Waals surface area contributed by atoms with E-state index in [0.29, 0.717) is 6.04 Å². The first kappa shape index (κ1) is 13.5. The standard InChI is InChI=1S/C13H20ClNO/c1-3-4-13(10-16-2)15-9-11-5-7-12(14)8-6-11/h5-8,13,15H,3-4,9-10H2,1-2H3. The van der Waals surface area contributed by atoms with Crippen LogP contribution in [-0.2, 0) is 11.3 Å². The molecule has 0 aliphatic carbocycles. The van der Waals surface area contributed by atoms with Crippen LogP contribution < -0.4 is 5.32 Å². The third-order valence-corrected chi connectivity index (χ3v) is 2.77. The van der Waals surface area contributed by atoms with Gasteiger partial charge in [0.15, 0.2) is 0 Å². The van der Waals surface area contributed by atoms with E-state index in [1.807, 2.05) is 24.3 Å². The Morgan fingerprint density at radius 1 is 1.31 bits per heavy atom. The fourth-order valence-electron chi connectivity index (χ4n) is 1.66. The minimum atomic E-state index is 0.436. The summed E-state index contributed by atoms with van der Waals surface area (Å²) in [4.78, 5) is 0. The molecule has 1 aromatic carbocycles. The van der Waals surface area contributed by atoms with Crippen LogP contribution in [0.2, 0.25) is 5.02 Å². The first-order valence-corrected chi connectivity index (χ1v) is 6.10. The highest BCUT2D eigenvalue weighted by molar-refractivity contribution is 6.30. The number of nitrogens with one attached hydrogen (secondary N) is 1. The van der Waals surface area contributed by atoms with E-state index >= 15 is 0 Å². The summed E-state index contributed by atoms with van der Waals surface area (Å²) in [6.07, 6.45) is 2.31. The zero-order valence-corrected chi connectivity index (χ0v) is 10.8. The average molecular weight is 242 g/mol. The van der Waals surface area contributed by atoms with E-state index in [9.17, 15) is 0 Å². The molecule has 2 nitrogen and oxygen atoms in total. The van der Waals surface area contributed by atoms with Crippen LogP contribution in [0.3, 0.4) is 0 Å². The summed E-state index contributed by atoms with van der Waals surface area (Å²) in [7, 11) is 1.74. The molecule has 1 N–H and O–H groups in total. The van der Waals surface area contributed by atoms with Crippen LogP contribution in [0.25, 0.3) is 0 Å². The van der Waals surface area contributed by atoms with Gasteiger partial charge in [-0.1, -0.05) is 37.1 Å². The summed E-state index contributed by atoms with van der Waals surface area (Å²) in [6, 6.07) is 8.37. The van der Waals surface area contributed by atoms with E-state index in [1.54, 1.807) is 7.11 Å². The fourth-order valence-corrected chi connectivity index (χ4v) is 1.78. The topological polar surface area (TPSA) is 21.3 Å². The summed E-state index contributed by atoms with van der Waals surface area (Å²) in [6.45, 7) is 3.82. The lowest BCUT2D eigenvalue weighted by atomic mass is 10.1. The summed E-state index contributed by atoms with van der Waals surface area (Å²) in [5.41, 5.74) is 1.25. The quantitative estimate of drug-likeness (QED) is 0.791. The van der Waals surface area contributed by atoms with Crippen molar-refractivity contribution < 1.29 is 4.74 Å².